The van der Waals surface area contributed by atoms with Gasteiger partial charge in [0.2, 0.25) is 0 Å². The normalized spacial score (nSPS) is 32.3. The average molecular weight is 262 g/mol. The number of esters is 1. The fraction of sp³-hybridized carbons (Fsp3) is 0.278. The zero-order chi connectivity index (χ0) is 13.3. The highest BCUT2D eigenvalue weighted by Crippen LogP contribution is 2.61. The SMILES string of the molecule is O=C1OCC2CC3c4ccccc4C12c1ccccc13. The Kier molecular flexibility index (Phi) is 1.77. The Bertz CT molecular complexity index is 699. The van der Waals surface area contributed by atoms with E-state index in [2.05, 4.69) is 36.4 Å². The predicted molar refractivity (Wildman–Crippen MR) is 74.6 cm³/mol. The number of carbonyl (C=O) groups excluding carboxylic acids is 1. The van der Waals surface area contributed by atoms with Crippen molar-refractivity contribution in [2.24, 2.45) is 5.92 Å². The second-order valence-corrected chi connectivity index (χ2v) is 6.07. The molecule has 0 amide bonds. The van der Waals surface area contributed by atoms with Gasteiger partial charge in [-0.05, 0) is 28.7 Å². The van der Waals surface area contributed by atoms with E-state index in [1.54, 1.807) is 0 Å². The van der Waals surface area contributed by atoms with Crippen LogP contribution in [0.5, 0.6) is 0 Å². The first-order chi connectivity index (χ1) is 9.83. The molecule has 1 aliphatic heterocycles. The van der Waals surface area contributed by atoms with Crippen LogP contribution in [0.3, 0.4) is 0 Å². The Balaban J connectivity index is 1.96. The molecule has 1 spiro atoms. The van der Waals surface area contributed by atoms with Crippen molar-refractivity contribution in [2.75, 3.05) is 6.61 Å². The van der Waals surface area contributed by atoms with Crippen LogP contribution in [0.25, 0.3) is 0 Å². The summed E-state index contributed by atoms with van der Waals surface area (Å²) < 4.78 is 5.50. The molecule has 4 aliphatic rings. The quantitative estimate of drug-likeness (QED) is 0.682. The Morgan fingerprint density at radius 3 is 2.20 bits per heavy atom. The fourth-order valence-electron chi connectivity index (χ4n) is 4.66. The number of ether oxygens (including phenoxy) is 1. The molecule has 0 radical (unpaired) electrons. The van der Waals surface area contributed by atoms with Gasteiger partial charge in [0.05, 0.1) is 6.61 Å². The highest BCUT2D eigenvalue weighted by molar-refractivity contribution is 5.93. The van der Waals surface area contributed by atoms with Crippen LogP contribution in [-0.2, 0) is 14.9 Å². The number of hydrogen-bond acceptors (Lipinski definition) is 2. The molecule has 98 valence electrons. The summed E-state index contributed by atoms with van der Waals surface area (Å²) in [5.41, 5.74) is 4.47. The maximum atomic E-state index is 12.7. The molecule has 1 heterocycles. The lowest BCUT2D eigenvalue weighted by Crippen LogP contribution is -2.48. The second-order valence-electron chi connectivity index (χ2n) is 6.07. The second kappa shape index (κ2) is 3.32. The van der Waals surface area contributed by atoms with Gasteiger partial charge in [-0.1, -0.05) is 48.5 Å². The molecule has 2 nitrogen and oxygen atoms in total. The number of rotatable bonds is 0. The number of carbonyl (C=O) groups is 1. The maximum absolute atomic E-state index is 12.7. The van der Waals surface area contributed by atoms with Gasteiger partial charge in [-0.25, -0.2) is 0 Å². The molecule has 0 aromatic heterocycles. The van der Waals surface area contributed by atoms with Crippen molar-refractivity contribution in [3.8, 4) is 0 Å². The molecule has 1 fully saturated rings. The highest BCUT2D eigenvalue weighted by Gasteiger charge is 2.62. The van der Waals surface area contributed by atoms with Gasteiger partial charge in [0.15, 0.2) is 0 Å². The minimum absolute atomic E-state index is 0.0550. The number of cyclic esters (lactones) is 1. The Labute approximate surface area is 117 Å². The molecule has 1 atom stereocenters. The lowest BCUT2D eigenvalue weighted by molar-refractivity contribution is -0.141. The predicted octanol–water partition coefficient (Wildman–Crippen LogP) is 2.99. The van der Waals surface area contributed by atoms with Crippen molar-refractivity contribution in [3.05, 3.63) is 70.8 Å². The molecule has 2 aromatic carbocycles. The van der Waals surface area contributed by atoms with E-state index in [1.807, 2.05) is 12.1 Å². The summed E-state index contributed by atoms with van der Waals surface area (Å²) in [6.07, 6.45) is 1.03. The van der Waals surface area contributed by atoms with Gasteiger partial charge >= 0.3 is 5.97 Å². The summed E-state index contributed by atoms with van der Waals surface area (Å²) in [5.74, 6) is 0.661. The van der Waals surface area contributed by atoms with E-state index in [0.717, 1.165) is 6.42 Å². The van der Waals surface area contributed by atoms with E-state index in [0.29, 0.717) is 18.4 Å². The van der Waals surface area contributed by atoms with Crippen LogP contribution in [0.4, 0.5) is 0 Å². The third kappa shape index (κ3) is 0.953. The molecular weight excluding hydrogens is 248 g/mol. The first kappa shape index (κ1) is 10.7. The Morgan fingerprint density at radius 1 is 0.950 bits per heavy atom. The smallest absolute Gasteiger partial charge is 0.321 e. The zero-order valence-electron chi connectivity index (χ0n) is 11.0. The van der Waals surface area contributed by atoms with Crippen molar-refractivity contribution in [1.29, 1.82) is 0 Å². The van der Waals surface area contributed by atoms with Gasteiger partial charge in [-0.15, -0.1) is 0 Å². The van der Waals surface area contributed by atoms with E-state index < -0.39 is 5.41 Å². The fourth-order valence-corrected chi connectivity index (χ4v) is 4.66. The third-order valence-corrected chi connectivity index (χ3v) is 5.39. The topological polar surface area (TPSA) is 26.3 Å². The van der Waals surface area contributed by atoms with Crippen LogP contribution < -0.4 is 0 Å². The lowest BCUT2D eigenvalue weighted by Gasteiger charge is -2.48. The van der Waals surface area contributed by atoms with E-state index in [-0.39, 0.29) is 5.97 Å². The molecule has 0 saturated carbocycles. The number of hydrogen-bond donors (Lipinski definition) is 0. The lowest BCUT2D eigenvalue weighted by atomic mass is 9.51. The van der Waals surface area contributed by atoms with Gasteiger partial charge in [-0.3, -0.25) is 4.79 Å². The molecule has 2 heteroatoms. The van der Waals surface area contributed by atoms with Crippen LogP contribution in [0.2, 0.25) is 0 Å². The molecular formula is C18H14O2. The Morgan fingerprint density at radius 2 is 1.55 bits per heavy atom. The molecule has 6 rings (SSSR count). The zero-order valence-corrected chi connectivity index (χ0v) is 11.0. The highest BCUT2D eigenvalue weighted by atomic mass is 16.5. The summed E-state index contributed by atoms with van der Waals surface area (Å²) in [5, 5.41) is 0. The monoisotopic (exact) mass is 262 g/mol. The number of benzene rings is 2. The van der Waals surface area contributed by atoms with Crippen molar-refractivity contribution in [1.82, 2.24) is 0 Å². The molecule has 3 aliphatic carbocycles. The van der Waals surface area contributed by atoms with Gasteiger partial charge in [0.1, 0.15) is 5.41 Å². The van der Waals surface area contributed by atoms with Gasteiger partial charge in [0.25, 0.3) is 0 Å². The van der Waals surface area contributed by atoms with Crippen molar-refractivity contribution in [3.63, 3.8) is 0 Å². The van der Waals surface area contributed by atoms with Crippen LogP contribution in [0.1, 0.15) is 34.6 Å². The Hall–Kier alpha value is -2.09. The largest absolute Gasteiger partial charge is 0.464 e. The van der Waals surface area contributed by atoms with E-state index in [9.17, 15) is 4.79 Å². The van der Waals surface area contributed by atoms with Crippen LogP contribution >= 0.6 is 0 Å². The summed E-state index contributed by atoms with van der Waals surface area (Å²) in [6.45, 7) is 0.567. The standard InChI is InChI=1S/C18H14O2/c19-17-18-11(10-20-17)9-14(12-5-1-3-7-15(12)18)13-6-2-4-8-16(13)18/h1-8,11,14H,9-10H2. The molecule has 0 N–H and O–H groups in total. The van der Waals surface area contributed by atoms with Gasteiger partial charge < -0.3 is 4.74 Å². The summed E-state index contributed by atoms with van der Waals surface area (Å²) in [7, 11) is 0. The summed E-state index contributed by atoms with van der Waals surface area (Å²) in [6, 6.07) is 16.8. The summed E-state index contributed by atoms with van der Waals surface area (Å²) in [4.78, 5) is 12.7. The van der Waals surface area contributed by atoms with Gasteiger partial charge in [0, 0.05) is 11.8 Å². The van der Waals surface area contributed by atoms with Crippen molar-refractivity contribution >= 4 is 5.97 Å². The first-order valence-electron chi connectivity index (χ1n) is 7.19. The molecule has 1 saturated heterocycles. The maximum Gasteiger partial charge on any atom is 0.321 e. The van der Waals surface area contributed by atoms with Gasteiger partial charge in [-0.2, -0.15) is 0 Å². The minimum Gasteiger partial charge on any atom is -0.464 e. The van der Waals surface area contributed by atoms with E-state index >= 15 is 0 Å². The van der Waals surface area contributed by atoms with Crippen molar-refractivity contribution < 1.29 is 9.53 Å². The molecule has 1 unspecified atom stereocenters. The average Bonchev–Trinajstić information content (AvgIpc) is 2.86. The first-order valence-corrected chi connectivity index (χ1v) is 7.19. The van der Waals surface area contributed by atoms with Crippen LogP contribution in [0, 0.1) is 5.92 Å². The van der Waals surface area contributed by atoms with E-state index in [4.69, 9.17) is 4.74 Å². The molecule has 20 heavy (non-hydrogen) atoms. The van der Waals surface area contributed by atoms with Crippen LogP contribution in [-0.4, -0.2) is 12.6 Å². The third-order valence-electron chi connectivity index (χ3n) is 5.39. The molecule has 2 aromatic rings. The van der Waals surface area contributed by atoms with Crippen LogP contribution in [0.15, 0.2) is 48.5 Å². The molecule has 2 bridgehead atoms. The minimum atomic E-state index is -0.540. The summed E-state index contributed by atoms with van der Waals surface area (Å²) >= 11 is 0. The van der Waals surface area contributed by atoms with E-state index in [1.165, 1.54) is 22.3 Å². The van der Waals surface area contributed by atoms with Crippen molar-refractivity contribution in [2.45, 2.75) is 17.8 Å².